The van der Waals surface area contributed by atoms with E-state index >= 15 is 0 Å². The van der Waals surface area contributed by atoms with Gasteiger partial charge in [0.25, 0.3) is 0 Å². The predicted octanol–water partition coefficient (Wildman–Crippen LogP) is 3.65. The Hall–Kier alpha value is -0.0800. The fourth-order valence-electron chi connectivity index (χ4n) is 3.42. The minimum Gasteiger partial charge on any atom is -0.329 e. The molecule has 18 heavy (non-hydrogen) atoms. The van der Waals surface area contributed by atoms with Crippen LogP contribution in [0.5, 0.6) is 0 Å². The molecule has 0 heterocycles. The van der Waals surface area contributed by atoms with Crippen LogP contribution in [-0.4, -0.2) is 30.6 Å². The molecule has 0 aromatic heterocycles. The zero-order valence-electron chi connectivity index (χ0n) is 13.0. The van der Waals surface area contributed by atoms with Crippen LogP contribution in [0.3, 0.4) is 0 Å². The van der Waals surface area contributed by atoms with Crippen LogP contribution in [0.4, 0.5) is 0 Å². The first-order valence-corrected chi connectivity index (χ1v) is 7.97. The smallest absolute Gasteiger partial charge is 0.0328 e. The Labute approximate surface area is 114 Å². The molecule has 0 saturated heterocycles. The van der Waals surface area contributed by atoms with Gasteiger partial charge in [-0.05, 0) is 57.5 Å². The summed E-state index contributed by atoms with van der Waals surface area (Å²) in [5.41, 5.74) is 6.43. The van der Waals surface area contributed by atoms with E-state index in [0.717, 1.165) is 18.4 Å². The average Bonchev–Trinajstić information content (AvgIpc) is 2.38. The molecular weight excluding hydrogens is 220 g/mol. The highest BCUT2D eigenvalue weighted by molar-refractivity contribution is 4.95. The van der Waals surface area contributed by atoms with Crippen LogP contribution >= 0.6 is 0 Å². The fourth-order valence-corrected chi connectivity index (χ4v) is 3.42. The summed E-state index contributed by atoms with van der Waals surface area (Å²) in [7, 11) is 2.29. The summed E-state index contributed by atoms with van der Waals surface area (Å²) < 4.78 is 0. The molecule has 0 unspecified atom stereocenters. The Morgan fingerprint density at radius 1 is 1.22 bits per heavy atom. The minimum atomic E-state index is 0.305. The summed E-state index contributed by atoms with van der Waals surface area (Å²) in [5, 5.41) is 0. The largest absolute Gasteiger partial charge is 0.329 e. The number of nitrogens with two attached hydrogens (primary N) is 1. The van der Waals surface area contributed by atoms with E-state index in [1.165, 1.54) is 51.5 Å². The molecule has 0 aromatic carbocycles. The summed E-state index contributed by atoms with van der Waals surface area (Å²) in [4.78, 5) is 2.57. The van der Waals surface area contributed by atoms with Crippen molar-refractivity contribution in [2.24, 2.45) is 17.6 Å². The molecule has 1 saturated carbocycles. The molecule has 0 spiro atoms. The number of likely N-dealkylation sites (N-methyl/N-ethyl adjacent to an activating group) is 1. The van der Waals surface area contributed by atoms with E-state index < -0.39 is 0 Å². The quantitative estimate of drug-likeness (QED) is 0.703. The van der Waals surface area contributed by atoms with Gasteiger partial charge in [0.2, 0.25) is 0 Å². The molecule has 0 amide bonds. The number of unbranched alkanes of at least 4 members (excludes halogenated alkanes) is 2. The Bertz CT molecular complexity index is 217. The van der Waals surface area contributed by atoms with E-state index in [1.54, 1.807) is 0 Å². The van der Waals surface area contributed by atoms with Crippen LogP contribution in [0.2, 0.25) is 0 Å². The molecule has 1 aliphatic carbocycles. The van der Waals surface area contributed by atoms with Crippen molar-refractivity contribution < 1.29 is 0 Å². The first kappa shape index (κ1) is 16.0. The summed E-state index contributed by atoms with van der Waals surface area (Å²) >= 11 is 0. The highest BCUT2D eigenvalue weighted by atomic mass is 15.2. The van der Waals surface area contributed by atoms with E-state index in [1.807, 2.05) is 0 Å². The van der Waals surface area contributed by atoms with Crippen LogP contribution in [0.15, 0.2) is 0 Å². The molecule has 2 nitrogen and oxygen atoms in total. The summed E-state index contributed by atoms with van der Waals surface area (Å²) in [6.07, 6.45) is 9.31. The molecule has 0 bridgehead atoms. The van der Waals surface area contributed by atoms with E-state index in [-0.39, 0.29) is 0 Å². The SMILES string of the molecule is CCCCCN(C)C1(CN)CCC(C(C)C)CC1. The second-order valence-corrected chi connectivity index (χ2v) is 6.64. The minimum absolute atomic E-state index is 0.305. The van der Waals surface area contributed by atoms with Crippen molar-refractivity contribution in [2.75, 3.05) is 20.1 Å². The molecule has 108 valence electrons. The summed E-state index contributed by atoms with van der Waals surface area (Å²) in [6, 6.07) is 0. The number of hydrogen-bond acceptors (Lipinski definition) is 2. The molecule has 2 heteroatoms. The lowest BCUT2D eigenvalue weighted by Gasteiger charge is -2.47. The molecule has 2 N–H and O–H groups in total. The maximum Gasteiger partial charge on any atom is 0.0328 e. The Kier molecular flexibility index (Phi) is 6.65. The third-order valence-corrected chi connectivity index (χ3v) is 5.19. The van der Waals surface area contributed by atoms with Gasteiger partial charge in [-0.25, -0.2) is 0 Å². The van der Waals surface area contributed by atoms with Gasteiger partial charge >= 0.3 is 0 Å². The maximum absolute atomic E-state index is 6.12. The Morgan fingerprint density at radius 3 is 2.28 bits per heavy atom. The summed E-state index contributed by atoms with van der Waals surface area (Å²) in [6.45, 7) is 9.06. The Morgan fingerprint density at radius 2 is 1.83 bits per heavy atom. The molecular formula is C16H34N2. The van der Waals surface area contributed by atoms with Gasteiger partial charge in [-0.2, -0.15) is 0 Å². The van der Waals surface area contributed by atoms with Gasteiger partial charge in [0.05, 0.1) is 0 Å². The molecule has 0 atom stereocenters. The maximum atomic E-state index is 6.12. The van der Waals surface area contributed by atoms with Crippen LogP contribution < -0.4 is 5.73 Å². The van der Waals surface area contributed by atoms with Crippen molar-refractivity contribution in [1.29, 1.82) is 0 Å². The van der Waals surface area contributed by atoms with Crippen LogP contribution in [0.25, 0.3) is 0 Å². The van der Waals surface area contributed by atoms with Crippen molar-refractivity contribution in [3.05, 3.63) is 0 Å². The highest BCUT2D eigenvalue weighted by Crippen LogP contribution is 2.38. The highest BCUT2D eigenvalue weighted by Gasteiger charge is 2.37. The van der Waals surface area contributed by atoms with Gasteiger partial charge in [-0.1, -0.05) is 33.6 Å². The second-order valence-electron chi connectivity index (χ2n) is 6.64. The zero-order chi connectivity index (χ0) is 13.6. The van der Waals surface area contributed by atoms with Crippen molar-refractivity contribution in [2.45, 2.75) is 71.3 Å². The van der Waals surface area contributed by atoms with Gasteiger partial charge in [-0.3, -0.25) is 4.90 Å². The predicted molar refractivity (Wildman–Crippen MR) is 80.7 cm³/mol. The lowest BCUT2D eigenvalue weighted by Crippen LogP contribution is -2.54. The third kappa shape index (κ3) is 3.96. The van der Waals surface area contributed by atoms with Gasteiger partial charge in [0.1, 0.15) is 0 Å². The molecule has 1 aliphatic rings. The topological polar surface area (TPSA) is 29.3 Å². The van der Waals surface area contributed by atoms with E-state index in [9.17, 15) is 0 Å². The van der Waals surface area contributed by atoms with Crippen LogP contribution in [-0.2, 0) is 0 Å². The molecule has 1 fully saturated rings. The van der Waals surface area contributed by atoms with Crippen molar-refractivity contribution >= 4 is 0 Å². The van der Waals surface area contributed by atoms with E-state index in [4.69, 9.17) is 5.73 Å². The molecule has 0 aliphatic heterocycles. The zero-order valence-corrected chi connectivity index (χ0v) is 13.0. The number of nitrogens with zero attached hydrogens (tertiary/aromatic N) is 1. The van der Waals surface area contributed by atoms with E-state index in [0.29, 0.717) is 5.54 Å². The fraction of sp³-hybridized carbons (Fsp3) is 1.00. The van der Waals surface area contributed by atoms with E-state index in [2.05, 4.69) is 32.7 Å². The summed E-state index contributed by atoms with van der Waals surface area (Å²) in [5.74, 6) is 1.76. The van der Waals surface area contributed by atoms with Crippen molar-refractivity contribution in [1.82, 2.24) is 4.90 Å². The number of rotatable bonds is 7. The van der Waals surface area contributed by atoms with Gasteiger partial charge in [0, 0.05) is 12.1 Å². The monoisotopic (exact) mass is 254 g/mol. The van der Waals surface area contributed by atoms with Crippen molar-refractivity contribution in [3.8, 4) is 0 Å². The molecule has 0 radical (unpaired) electrons. The normalized spacial score (nSPS) is 29.2. The first-order valence-electron chi connectivity index (χ1n) is 7.97. The first-order chi connectivity index (χ1) is 8.55. The van der Waals surface area contributed by atoms with Gasteiger partial charge in [0.15, 0.2) is 0 Å². The van der Waals surface area contributed by atoms with Crippen molar-refractivity contribution in [3.63, 3.8) is 0 Å². The molecule has 1 rings (SSSR count). The Balaban J connectivity index is 2.48. The number of hydrogen-bond donors (Lipinski definition) is 1. The lowest BCUT2D eigenvalue weighted by atomic mass is 9.72. The average molecular weight is 254 g/mol. The molecule has 0 aromatic rings. The van der Waals surface area contributed by atoms with Gasteiger partial charge < -0.3 is 5.73 Å². The van der Waals surface area contributed by atoms with Gasteiger partial charge in [-0.15, -0.1) is 0 Å². The standard InChI is InChI=1S/C16H34N2/c1-5-6-7-12-18(4)16(13-17)10-8-15(9-11-16)14(2)3/h14-15H,5-13,17H2,1-4H3. The second kappa shape index (κ2) is 7.49. The lowest BCUT2D eigenvalue weighted by molar-refractivity contribution is 0.0543. The van der Waals surface area contributed by atoms with Crippen LogP contribution in [0, 0.1) is 11.8 Å². The van der Waals surface area contributed by atoms with Crippen LogP contribution in [0.1, 0.15) is 65.7 Å². The third-order valence-electron chi connectivity index (χ3n) is 5.19.